The van der Waals surface area contributed by atoms with Crippen LogP contribution in [0.25, 0.3) is 0 Å². The summed E-state index contributed by atoms with van der Waals surface area (Å²) in [7, 11) is 0. The van der Waals surface area contributed by atoms with E-state index < -0.39 is 0 Å². The molecule has 3 nitrogen and oxygen atoms in total. The predicted octanol–water partition coefficient (Wildman–Crippen LogP) is 3.45. The monoisotopic (exact) mass is 314 g/mol. The van der Waals surface area contributed by atoms with E-state index in [1.807, 2.05) is 0 Å². The van der Waals surface area contributed by atoms with Crippen LogP contribution in [-0.4, -0.2) is 19.0 Å². The molecule has 2 N–H and O–H groups in total. The Morgan fingerprint density at radius 2 is 1.91 bits per heavy atom. The number of amides is 1. The van der Waals surface area contributed by atoms with Crippen molar-refractivity contribution in [3.63, 3.8) is 0 Å². The maximum atomic E-state index is 12.8. The van der Waals surface area contributed by atoms with Crippen LogP contribution in [0.2, 0.25) is 0 Å². The molecular weight excluding hydrogens is 284 g/mol. The van der Waals surface area contributed by atoms with Crippen LogP contribution in [0.4, 0.5) is 0 Å². The van der Waals surface area contributed by atoms with Gasteiger partial charge in [-0.15, -0.1) is 0 Å². The molecule has 1 aromatic rings. The van der Waals surface area contributed by atoms with Gasteiger partial charge in [-0.05, 0) is 61.2 Å². The molecule has 0 aromatic heterocycles. The first-order valence-corrected chi connectivity index (χ1v) is 9.15. The van der Waals surface area contributed by atoms with Gasteiger partial charge < -0.3 is 10.6 Å². The van der Waals surface area contributed by atoms with Crippen LogP contribution in [0.5, 0.6) is 0 Å². The molecule has 1 heterocycles. The molecule has 1 saturated heterocycles. The minimum Gasteiger partial charge on any atom is -0.349 e. The summed E-state index contributed by atoms with van der Waals surface area (Å²) in [5.74, 6) is 0.903. The Kier molecular flexibility index (Phi) is 4.77. The summed E-state index contributed by atoms with van der Waals surface area (Å²) in [6.07, 6.45) is 4.45. The van der Waals surface area contributed by atoms with Crippen LogP contribution >= 0.6 is 0 Å². The van der Waals surface area contributed by atoms with Crippen molar-refractivity contribution < 1.29 is 4.79 Å². The van der Waals surface area contributed by atoms with E-state index in [1.165, 1.54) is 11.1 Å². The van der Waals surface area contributed by atoms with Crippen LogP contribution < -0.4 is 10.6 Å². The summed E-state index contributed by atoms with van der Waals surface area (Å²) < 4.78 is 0. The third-order valence-electron chi connectivity index (χ3n) is 5.82. The molecular formula is C20H30N2O. The summed E-state index contributed by atoms with van der Waals surface area (Å²) in [5.41, 5.74) is 2.88. The molecule has 1 aliphatic carbocycles. The number of carbonyl (C=O) groups excluding carboxylic acids is 1. The Bertz CT molecular complexity index is 543. The standard InChI is InChI=1S/C20H30N2O/c1-4-15-5-7-16(8-6-15)18(14(2)3)22-19(23)17-13-20(17)9-11-21-12-10-20/h5-8,14,17-18,21H,4,9-13H2,1-3H3,(H,22,23). The van der Waals surface area contributed by atoms with Crippen molar-refractivity contribution >= 4 is 5.91 Å². The van der Waals surface area contributed by atoms with Gasteiger partial charge in [0.25, 0.3) is 0 Å². The molecule has 2 atom stereocenters. The lowest BCUT2D eigenvalue weighted by Gasteiger charge is -2.26. The molecule has 3 rings (SSSR count). The normalized spacial score (nSPS) is 23.7. The average Bonchev–Trinajstić information content (AvgIpc) is 3.26. The highest BCUT2D eigenvalue weighted by Crippen LogP contribution is 2.58. The summed E-state index contributed by atoms with van der Waals surface area (Å²) >= 11 is 0. The van der Waals surface area contributed by atoms with Crippen molar-refractivity contribution in [3.05, 3.63) is 35.4 Å². The number of piperidine rings is 1. The van der Waals surface area contributed by atoms with Gasteiger partial charge in [0.1, 0.15) is 0 Å². The molecule has 0 radical (unpaired) electrons. The number of rotatable bonds is 5. The third kappa shape index (κ3) is 3.45. The highest BCUT2D eigenvalue weighted by atomic mass is 16.2. The molecule has 1 aromatic carbocycles. The fourth-order valence-corrected chi connectivity index (χ4v) is 4.05. The van der Waals surface area contributed by atoms with E-state index in [1.54, 1.807) is 0 Å². The largest absolute Gasteiger partial charge is 0.349 e. The SMILES string of the molecule is CCc1ccc(C(NC(=O)C2CC23CCNCC3)C(C)C)cc1. The fourth-order valence-electron chi connectivity index (χ4n) is 4.05. The minimum absolute atomic E-state index is 0.118. The van der Waals surface area contributed by atoms with E-state index in [9.17, 15) is 4.79 Å². The summed E-state index contributed by atoms with van der Waals surface area (Å²) in [4.78, 5) is 12.8. The van der Waals surface area contributed by atoms with Crippen molar-refractivity contribution in [1.29, 1.82) is 0 Å². The van der Waals surface area contributed by atoms with E-state index in [0.717, 1.165) is 38.8 Å². The molecule has 0 bridgehead atoms. The number of hydrogen-bond donors (Lipinski definition) is 2. The summed E-state index contributed by atoms with van der Waals surface area (Å²) in [6.45, 7) is 8.67. The Morgan fingerprint density at radius 3 is 2.48 bits per heavy atom. The molecule has 1 saturated carbocycles. The second-order valence-electron chi connectivity index (χ2n) is 7.69. The second kappa shape index (κ2) is 6.64. The van der Waals surface area contributed by atoms with E-state index in [-0.39, 0.29) is 17.9 Å². The molecule has 2 aliphatic rings. The van der Waals surface area contributed by atoms with Crippen molar-refractivity contribution in [1.82, 2.24) is 10.6 Å². The first kappa shape index (κ1) is 16.5. The quantitative estimate of drug-likeness (QED) is 0.874. The van der Waals surface area contributed by atoms with Crippen molar-refractivity contribution in [2.75, 3.05) is 13.1 Å². The number of nitrogens with one attached hydrogen (secondary N) is 2. The van der Waals surface area contributed by atoms with Gasteiger partial charge in [-0.1, -0.05) is 45.0 Å². The van der Waals surface area contributed by atoms with E-state index in [2.05, 4.69) is 55.7 Å². The predicted molar refractivity (Wildman–Crippen MR) is 94.2 cm³/mol. The van der Waals surface area contributed by atoms with Crippen LogP contribution in [-0.2, 0) is 11.2 Å². The minimum atomic E-state index is 0.118. The van der Waals surface area contributed by atoms with Gasteiger partial charge in [0.15, 0.2) is 0 Å². The van der Waals surface area contributed by atoms with Gasteiger partial charge in [0.2, 0.25) is 5.91 Å². The lowest BCUT2D eigenvalue weighted by molar-refractivity contribution is -0.124. The molecule has 2 unspecified atom stereocenters. The van der Waals surface area contributed by atoms with E-state index >= 15 is 0 Å². The number of aryl methyl sites for hydroxylation is 1. The van der Waals surface area contributed by atoms with Gasteiger partial charge in [0, 0.05) is 5.92 Å². The summed E-state index contributed by atoms with van der Waals surface area (Å²) in [6, 6.07) is 8.84. The Balaban J connectivity index is 1.66. The van der Waals surface area contributed by atoms with E-state index in [4.69, 9.17) is 0 Å². The third-order valence-corrected chi connectivity index (χ3v) is 5.82. The second-order valence-corrected chi connectivity index (χ2v) is 7.69. The van der Waals surface area contributed by atoms with Crippen molar-refractivity contribution in [2.45, 2.75) is 52.5 Å². The van der Waals surface area contributed by atoms with Crippen molar-refractivity contribution in [2.24, 2.45) is 17.3 Å². The molecule has 23 heavy (non-hydrogen) atoms. The molecule has 3 heteroatoms. The zero-order valence-corrected chi connectivity index (χ0v) is 14.7. The molecule has 1 spiro atoms. The van der Waals surface area contributed by atoms with Crippen LogP contribution in [0.3, 0.4) is 0 Å². The first-order valence-electron chi connectivity index (χ1n) is 9.15. The molecule has 1 amide bonds. The molecule has 1 aliphatic heterocycles. The average molecular weight is 314 g/mol. The van der Waals surface area contributed by atoms with Gasteiger partial charge in [-0.2, -0.15) is 0 Å². The van der Waals surface area contributed by atoms with Crippen LogP contribution in [0, 0.1) is 17.3 Å². The van der Waals surface area contributed by atoms with Gasteiger partial charge in [0.05, 0.1) is 6.04 Å². The Labute approximate surface area is 140 Å². The maximum absolute atomic E-state index is 12.8. The Hall–Kier alpha value is -1.35. The van der Waals surface area contributed by atoms with Crippen LogP contribution in [0.15, 0.2) is 24.3 Å². The van der Waals surface area contributed by atoms with Gasteiger partial charge in [-0.3, -0.25) is 4.79 Å². The Morgan fingerprint density at radius 1 is 1.26 bits per heavy atom. The van der Waals surface area contributed by atoms with Gasteiger partial charge in [-0.25, -0.2) is 0 Å². The van der Waals surface area contributed by atoms with Crippen molar-refractivity contribution in [3.8, 4) is 0 Å². The summed E-state index contributed by atoms with van der Waals surface area (Å²) in [5, 5.41) is 6.75. The van der Waals surface area contributed by atoms with Crippen LogP contribution in [0.1, 0.15) is 57.2 Å². The zero-order chi connectivity index (χ0) is 16.4. The number of hydrogen-bond acceptors (Lipinski definition) is 2. The lowest BCUT2D eigenvalue weighted by atomic mass is 9.91. The fraction of sp³-hybridized carbons (Fsp3) is 0.650. The number of benzene rings is 1. The lowest BCUT2D eigenvalue weighted by Crippen LogP contribution is -2.36. The zero-order valence-electron chi connectivity index (χ0n) is 14.7. The topological polar surface area (TPSA) is 41.1 Å². The first-order chi connectivity index (χ1) is 11.1. The highest BCUT2D eigenvalue weighted by molar-refractivity contribution is 5.83. The number of carbonyl (C=O) groups is 1. The smallest absolute Gasteiger partial charge is 0.224 e. The molecule has 2 fully saturated rings. The highest BCUT2D eigenvalue weighted by Gasteiger charge is 2.57. The van der Waals surface area contributed by atoms with Gasteiger partial charge >= 0.3 is 0 Å². The molecule has 126 valence electrons. The van der Waals surface area contributed by atoms with E-state index in [0.29, 0.717) is 11.3 Å². The maximum Gasteiger partial charge on any atom is 0.224 e.